The molecule has 0 atom stereocenters. The van der Waals surface area contributed by atoms with E-state index in [1.165, 1.54) is 27.8 Å². The molecule has 0 saturated heterocycles. The highest BCUT2D eigenvalue weighted by Crippen LogP contribution is 2.31. The van der Waals surface area contributed by atoms with Crippen LogP contribution in [-0.2, 0) is 6.54 Å². The van der Waals surface area contributed by atoms with Crippen LogP contribution in [0, 0.1) is 0 Å². The average molecular weight is 447 g/mol. The van der Waals surface area contributed by atoms with E-state index in [1.807, 2.05) is 31.4 Å². The van der Waals surface area contributed by atoms with Crippen LogP contribution in [0.1, 0.15) is 49.5 Å². The first-order valence-corrected chi connectivity index (χ1v) is 11.6. The highest BCUT2D eigenvalue weighted by molar-refractivity contribution is 7.17. The van der Waals surface area contributed by atoms with E-state index in [9.17, 15) is 9.59 Å². The first-order valence-electron chi connectivity index (χ1n) is 10.7. The van der Waals surface area contributed by atoms with Crippen molar-refractivity contribution in [3.05, 3.63) is 81.7 Å². The van der Waals surface area contributed by atoms with Crippen LogP contribution in [0.15, 0.2) is 65.0 Å². The fourth-order valence-electron chi connectivity index (χ4n) is 3.58. The van der Waals surface area contributed by atoms with E-state index in [4.69, 9.17) is 4.74 Å². The first-order chi connectivity index (χ1) is 15.3. The van der Waals surface area contributed by atoms with Gasteiger partial charge in [-0.05, 0) is 55.2 Å². The normalized spacial score (nSPS) is 11.4. The number of benzene rings is 2. The van der Waals surface area contributed by atoms with Gasteiger partial charge in [-0.3, -0.25) is 14.2 Å². The molecule has 32 heavy (non-hydrogen) atoms. The Morgan fingerprint density at radius 2 is 1.72 bits per heavy atom. The second kappa shape index (κ2) is 9.09. The van der Waals surface area contributed by atoms with Crippen LogP contribution in [0.5, 0.6) is 5.75 Å². The molecule has 4 aromatic rings. The number of ketones is 1. The molecule has 0 saturated carbocycles. The van der Waals surface area contributed by atoms with Crippen molar-refractivity contribution in [1.29, 1.82) is 0 Å². The number of rotatable bonds is 7. The van der Waals surface area contributed by atoms with Crippen LogP contribution in [0.4, 0.5) is 0 Å². The van der Waals surface area contributed by atoms with Gasteiger partial charge < -0.3 is 4.74 Å². The lowest BCUT2D eigenvalue weighted by Crippen LogP contribution is -2.24. The number of aromatic nitrogens is 2. The van der Waals surface area contributed by atoms with Crippen molar-refractivity contribution in [2.45, 2.75) is 46.3 Å². The van der Waals surface area contributed by atoms with Crippen molar-refractivity contribution in [2.75, 3.05) is 0 Å². The molecule has 0 aliphatic rings. The number of carbonyl (C=O) groups excluding carboxylic acids is 1. The zero-order valence-corrected chi connectivity index (χ0v) is 19.5. The number of ether oxygens (including phenoxy) is 1. The summed E-state index contributed by atoms with van der Waals surface area (Å²) in [6.07, 6.45) is 1.52. The van der Waals surface area contributed by atoms with E-state index >= 15 is 0 Å². The molecule has 0 bridgehead atoms. The lowest BCUT2D eigenvalue weighted by molar-refractivity contribution is 0.0970. The third-order valence-corrected chi connectivity index (χ3v) is 6.20. The van der Waals surface area contributed by atoms with E-state index in [0.29, 0.717) is 27.4 Å². The van der Waals surface area contributed by atoms with Gasteiger partial charge in [-0.25, -0.2) is 4.98 Å². The van der Waals surface area contributed by atoms with E-state index in [2.05, 4.69) is 31.0 Å². The third kappa shape index (κ3) is 4.50. The minimum absolute atomic E-state index is 0.0618. The van der Waals surface area contributed by atoms with Crippen molar-refractivity contribution in [3.8, 4) is 16.9 Å². The summed E-state index contributed by atoms with van der Waals surface area (Å²) in [5.41, 5.74) is 3.41. The zero-order chi connectivity index (χ0) is 22.8. The molecule has 4 rings (SSSR count). The van der Waals surface area contributed by atoms with Gasteiger partial charge >= 0.3 is 0 Å². The maximum Gasteiger partial charge on any atom is 0.263 e. The van der Waals surface area contributed by atoms with E-state index < -0.39 is 0 Å². The number of hydrogen-bond acceptors (Lipinski definition) is 5. The molecule has 0 spiro atoms. The minimum Gasteiger partial charge on any atom is -0.491 e. The molecule has 5 nitrogen and oxygen atoms in total. The summed E-state index contributed by atoms with van der Waals surface area (Å²) in [4.78, 5) is 31.2. The predicted molar refractivity (Wildman–Crippen MR) is 130 cm³/mol. The second-order valence-corrected chi connectivity index (χ2v) is 9.26. The molecule has 0 unspecified atom stereocenters. The summed E-state index contributed by atoms with van der Waals surface area (Å²) in [6.45, 7) is 8.14. The predicted octanol–water partition coefficient (Wildman–Crippen LogP) is 5.92. The highest BCUT2D eigenvalue weighted by atomic mass is 32.1. The smallest absolute Gasteiger partial charge is 0.263 e. The Balaban J connectivity index is 1.63. The number of thiophene rings is 1. The van der Waals surface area contributed by atoms with Gasteiger partial charge in [0.05, 0.1) is 24.4 Å². The van der Waals surface area contributed by atoms with Gasteiger partial charge in [0.15, 0.2) is 5.78 Å². The number of fused-ring (bicyclic) bond motifs is 1. The molecule has 6 heteroatoms. The standard InChI is InChI=1S/C26H26N2O3S/c1-16(2)18-5-7-19(8-6-18)22-14-32-25-24(22)26(30)28(15-27-25)13-23(29)20-9-11-21(12-10-20)31-17(3)4/h5-12,14-17H,13H2,1-4H3. The summed E-state index contributed by atoms with van der Waals surface area (Å²) in [5.74, 6) is 1.00. The third-order valence-electron chi connectivity index (χ3n) is 5.31. The van der Waals surface area contributed by atoms with E-state index in [-0.39, 0.29) is 24.0 Å². The van der Waals surface area contributed by atoms with Gasteiger partial charge in [0.1, 0.15) is 10.6 Å². The largest absolute Gasteiger partial charge is 0.491 e. The summed E-state index contributed by atoms with van der Waals surface area (Å²) in [5, 5.41) is 2.52. The summed E-state index contributed by atoms with van der Waals surface area (Å²) >= 11 is 1.44. The Morgan fingerprint density at radius 3 is 2.34 bits per heavy atom. The fourth-order valence-corrected chi connectivity index (χ4v) is 4.48. The highest BCUT2D eigenvalue weighted by Gasteiger charge is 2.16. The quantitative estimate of drug-likeness (QED) is 0.331. The molecular formula is C26H26N2O3S. The lowest BCUT2D eigenvalue weighted by Gasteiger charge is -2.10. The van der Waals surface area contributed by atoms with Crippen LogP contribution in [0.3, 0.4) is 0 Å². The minimum atomic E-state index is -0.202. The van der Waals surface area contributed by atoms with E-state index in [0.717, 1.165) is 11.1 Å². The maximum atomic E-state index is 13.3. The average Bonchev–Trinajstić information content (AvgIpc) is 3.21. The SMILES string of the molecule is CC(C)Oc1ccc(C(=O)Cn2cnc3scc(-c4ccc(C(C)C)cc4)c3c2=O)cc1. The molecule has 0 N–H and O–H groups in total. The Kier molecular flexibility index (Phi) is 6.24. The molecule has 0 amide bonds. The van der Waals surface area contributed by atoms with Crippen molar-refractivity contribution in [3.63, 3.8) is 0 Å². The van der Waals surface area contributed by atoms with Gasteiger partial charge in [0, 0.05) is 16.5 Å². The van der Waals surface area contributed by atoms with Crippen LogP contribution in [0.2, 0.25) is 0 Å². The first kappa shape index (κ1) is 22.0. The molecule has 0 radical (unpaired) electrons. The van der Waals surface area contributed by atoms with Gasteiger partial charge in [-0.2, -0.15) is 0 Å². The Morgan fingerprint density at radius 1 is 1.03 bits per heavy atom. The van der Waals surface area contributed by atoms with Crippen molar-refractivity contribution < 1.29 is 9.53 Å². The van der Waals surface area contributed by atoms with Gasteiger partial charge in [0.25, 0.3) is 5.56 Å². The summed E-state index contributed by atoms with van der Waals surface area (Å²) < 4.78 is 7.02. The van der Waals surface area contributed by atoms with Crippen molar-refractivity contribution in [2.24, 2.45) is 0 Å². The number of hydrogen-bond donors (Lipinski definition) is 0. The molecular weight excluding hydrogens is 420 g/mol. The lowest BCUT2D eigenvalue weighted by atomic mass is 9.99. The van der Waals surface area contributed by atoms with Crippen molar-refractivity contribution >= 4 is 27.3 Å². The Bertz CT molecular complexity index is 1300. The Labute approximate surface area is 191 Å². The van der Waals surface area contributed by atoms with Crippen LogP contribution in [0.25, 0.3) is 21.3 Å². The van der Waals surface area contributed by atoms with Gasteiger partial charge in [-0.1, -0.05) is 38.1 Å². The summed E-state index contributed by atoms with van der Waals surface area (Å²) in [7, 11) is 0. The van der Waals surface area contributed by atoms with Crippen LogP contribution in [-0.4, -0.2) is 21.4 Å². The van der Waals surface area contributed by atoms with Crippen molar-refractivity contribution in [1.82, 2.24) is 9.55 Å². The van der Waals surface area contributed by atoms with Gasteiger partial charge in [-0.15, -0.1) is 11.3 Å². The molecule has 0 fully saturated rings. The maximum absolute atomic E-state index is 13.3. The van der Waals surface area contributed by atoms with Crippen LogP contribution < -0.4 is 10.3 Å². The topological polar surface area (TPSA) is 61.2 Å². The van der Waals surface area contributed by atoms with Crippen LogP contribution >= 0.6 is 11.3 Å². The number of Topliss-reactive ketones (excluding diaryl/α,β-unsaturated/α-hetero) is 1. The zero-order valence-electron chi connectivity index (χ0n) is 18.7. The second-order valence-electron chi connectivity index (χ2n) is 8.40. The van der Waals surface area contributed by atoms with Gasteiger partial charge in [0.2, 0.25) is 0 Å². The van der Waals surface area contributed by atoms with E-state index in [1.54, 1.807) is 24.3 Å². The molecule has 2 aromatic heterocycles. The number of carbonyl (C=O) groups is 1. The molecule has 0 aliphatic carbocycles. The molecule has 2 heterocycles. The number of nitrogens with zero attached hydrogens (tertiary/aromatic N) is 2. The molecule has 164 valence electrons. The molecule has 0 aliphatic heterocycles. The Hall–Kier alpha value is -3.25. The fraction of sp³-hybridized carbons (Fsp3) is 0.269. The monoisotopic (exact) mass is 446 g/mol. The molecule has 2 aromatic carbocycles. The summed E-state index contributed by atoms with van der Waals surface area (Å²) in [6, 6.07) is 15.3.